The van der Waals surface area contributed by atoms with Gasteiger partial charge in [0.25, 0.3) is 0 Å². The molecular formula is C15H24N2O3. The Morgan fingerprint density at radius 1 is 1.55 bits per heavy atom. The van der Waals surface area contributed by atoms with Crippen LogP contribution in [0.1, 0.15) is 48.7 Å². The van der Waals surface area contributed by atoms with E-state index in [-0.39, 0.29) is 5.97 Å². The fourth-order valence-corrected chi connectivity index (χ4v) is 2.83. The molecule has 0 spiro atoms. The van der Waals surface area contributed by atoms with Crippen LogP contribution in [0.5, 0.6) is 0 Å². The first-order valence-corrected chi connectivity index (χ1v) is 7.43. The van der Waals surface area contributed by atoms with Crippen molar-refractivity contribution in [2.75, 3.05) is 19.7 Å². The second-order valence-corrected chi connectivity index (χ2v) is 5.18. The predicted molar refractivity (Wildman–Crippen MR) is 76.4 cm³/mol. The molecule has 1 aliphatic heterocycles. The lowest BCUT2D eigenvalue weighted by atomic mass is 9.99. The fraction of sp³-hybridized carbons (Fsp3) is 0.667. The van der Waals surface area contributed by atoms with Crippen LogP contribution < -0.4 is 5.73 Å². The van der Waals surface area contributed by atoms with Crippen LogP contribution >= 0.6 is 0 Å². The Labute approximate surface area is 120 Å². The Morgan fingerprint density at radius 3 is 3.15 bits per heavy atom. The topological polar surface area (TPSA) is 68.7 Å². The minimum absolute atomic E-state index is 0.302. The van der Waals surface area contributed by atoms with Crippen LogP contribution in [0.3, 0.4) is 0 Å². The van der Waals surface area contributed by atoms with E-state index in [4.69, 9.17) is 14.9 Å². The summed E-state index contributed by atoms with van der Waals surface area (Å²) in [5, 5.41) is 0. The van der Waals surface area contributed by atoms with Crippen molar-refractivity contribution in [3.05, 3.63) is 23.7 Å². The van der Waals surface area contributed by atoms with E-state index >= 15 is 0 Å². The van der Waals surface area contributed by atoms with Gasteiger partial charge in [-0.25, -0.2) is 4.79 Å². The fourth-order valence-electron chi connectivity index (χ4n) is 2.83. The largest absolute Gasteiger partial charge is 0.467 e. The highest BCUT2D eigenvalue weighted by molar-refractivity contribution is 5.90. The molecule has 2 rings (SSSR count). The maximum Gasteiger partial charge on any atom is 0.341 e. The number of nitrogens with zero attached hydrogens (tertiary/aromatic N) is 1. The Hall–Kier alpha value is -1.33. The first-order valence-electron chi connectivity index (χ1n) is 7.43. The molecule has 0 amide bonds. The molecule has 2 heterocycles. The second-order valence-electron chi connectivity index (χ2n) is 5.18. The van der Waals surface area contributed by atoms with E-state index < -0.39 is 0 Å². The van der Waals surface area contributed by atoms with Crippen molar-refractivity contribution in [2.24, 2.45) is 5.73 Å². The lowest BCUT2D eigenvalue weighted by molar-refractivity contribution is 0.0519. The van der Waals surface area contributed by atoms with E-state index in [1.807, 2.05) is 0 Å². The summed E-state index contributed by atoms with van der Waals surface area (Å²) in [6.07, 6.45) is 6.17. The first kappa shape index (κ1) is 15.1. The standard InChI is InChI=1S/C15H24N2O3/c1-2-19-15(18)13-7-10-20-14(13)11-17-9-4-3-5-12(17)6-8-16/h7,10,12H,2-6,8-9,11,16H2,1H3. The Balaban J connectivity index is 2.04. The highest BCUT2D eigenvalue weighted by Crippen LogP contribution is 2.23. The molecule has 20 heavy (non-hydrogen) atoms. The van der Waals surface area contributed by atoms with E-state index in [0.717, 1.165) is 13.0 Å². The molecule has 0 radical (unpaired) electrons. The first-order chi connectivity index (χ1) is 9.76. The summed E-state index contributed by atoms with van der Waals surface area (Å²) in [7, 11) is 0. The zero-order valence-electron chi connectivity index (χ0n) is 12.1. The molecule has 0 saturated carbocycles. The highest BCUT2D eigenvalue weighted by atomic mass is 16.5. The molecule has 1 saturated heterocycles. The van der Waals surface area contributed by atoms with Crippen molar-refractivity contribution in [2.45, 2.75) is 45.2 Å². The van der Waals surface area contributed by atoms with Gasteiger partial charge in [-0.3, -0.25) is 4.90 Å². The number of rotatable bonds is 6. The van der Waals surface area contributed by atoms with Crippen molar-refractivity contribution >= 4 is 5.97 Å². The maximum atomic E-state index is 11.9. The average Bonchev–Trinajstić information content (AvgIpc) is 2.90. The molecule has 1 fully saturated rings. The van der Waals surface area contributed by atoms with Gasteiger partial charge in [0.15, 0.2) is 0 Å². The molecule has 5 nitrogen and oxygen atoms in total. The summed E-state index contributed by atoms with van der Waals surface area (Å²) < 4.78 is 10.5. The van der Waals surface area contributed by atoms with Gasteiger partial charge in [-0.1, -0.05) is 6.42 Å². The molecule has 1 aromatic rings. The van der Waals surface area contributed by atoms with Gasteiger partial charge >= 0.3 is 5.97 Å². The van der Waals surface area contributed by atoms with E-state index in [1.165, 1.54) is 19.3 Å². The smallest absolute Gasteiger partial charge is 0.341 e. The molecule has 1 aliphatic rings. The van der Waals surface area contributed by atoms with Crippen LogP contribution in [0.4, 0.5) is 0 Å². The van der Waals surface area contributed by atoms with Gasteiger partial charge in [0.05, 0.1) is 19.4 Å². The van der Waals surface area contributed by atoms with Crippen LogP contribution in [0, 0.1) is 0 Å². The maximum absolute atomic E-state index is 11.9. The lowest BCUT2D eigenvalue weighted by Gasteiger charge is -2.35. The molecule has 5 heteroatoms. The number of hydrogen-bond acceptors (Lipinski definition) is 5. The molecule has 1 unspecified atom stereocenters. The van der Waals surface area contributed by atoms with E-state index in [2.05, 4.69) is 4.90 Å². The normalized spacial score (nSPS) is 20.0. The van der Waals surface area contributed by atoms with Gasteiger partial charge in [-0.2, -0.15) is 0 Å². The summed E-state index contributed by atoms with van der Waals surface area (Å²) in [5.41, 5.74) is 6.23. The van der Waals surface area contributed by atoms with Crippen LogP contribution in [0.15, 0.2) is 16.7 Å². The third kappa shape index (κ3) is 3.61. The average molecular weight is 280 g/mol. The number of furan rings is 1. The summed E-state index contributed by atoms with van der Waals surface area (Å²) in [5.74, 6) is 0.399. The third-order valence-corrected chi connectivity index (χ3v) is 3.84. The molecule has 2 N–H and O–H groups in total. The number of esters is 1. The molecular weight excluding hydrogens is 256 g/mol. The van der Waals surface area contributed by atoms with Crippen molar-refractivity contribution in [3.8, 4) is 0 Å². The van der Waals surface area contributed by atoms with Gasteiger partial charge in [0.1, 0.15) is 11.3 Å². The Kier molecular flexibility index (Phi) is 5.61. The van der Waals surface area contributed by atoms with Crippen LogP contribution in [-0.4, -0.2) is 36.6 Å². The summed E-state index contributed by atoms with van der Waals surface area (Å²) in [6.45, 7) is 4.58. The summed E-state index contributed by atoms with van der Waals surface area (Å²) >= 11 is 0. The SMILES string of the molecule is CCOC(=O)c1ccoc1CN1CCCCC1CCN. The van der Waals surface area contributed by atoms with Gasteiger partial charge < -0.3 is 14.9 Å². The lowest BCUT2D eigenvalue weighted by Crippen LogP contribution is -2.40. The third-order valence-electron chi connectivity index (χ3n) is 3.84. The van der Waals surface area contributed by atoms with Crippen molar-refractivity contribution in [1.82, 2.24) is 4.90 Å². The molecule has 0 bridgehead atoms. The van der Waals surface area contributed by atoms with Crippen LogP contribution in [0.25, 0.3) is 0 Å². The number of hydrogen-bond donors (Lipinski definition) is 1. The molecule has 0 aromatic carbocycles. The number of likely N-dealkylation sites (tertiary alicyclic amines) is 1. The number of carbonyl (C=O) groups excluding carboxylic acids is 1. The summed E-state index contributed by atoms with van der Waals surface area (Å²) in [6, 6.07) is 2.18. The highest BCUT2D eigenvalue weighted by Gasteiger charge is 2.25. The minimum atomic E-state index is -0.302. The number of piperidine rings is 1. The molecule has 112 valence electrons. The van der Waals surface area contributed by atoms with Gasteiger partial charge in [0.2, 0.25) is 0 Å². The van der Waals surface area contributed by atoms with Crippen molar-refractivity contribution in [3.63, 3.8) is 0 Å². The van der Waals surface area contributed by atoms with Crippen LogP contribution in [-0.2, 0) is 11.3 Å². The Bertz CT molecular complexity index is 429. The zero-order chi connectivity index (χ0) is 14.4. The summed E-state index contributed by atoms with van der Waals surface area (Å²) in [4.78, 5) is 14.2. The van der Waals surface area contributed by atoms with Crippen LogP contribution in [0.2, 0.25) is 0 Å². The van der Waals surface area contributed by atoms with Crippen molar-refractivity contribution in [1.29, 1.82) is 0 Å². The quantitative estimate of drug-likeness (QED) is 0.809. The minimum Gasteiger partial charge on any atom is -0.467 e. The Morgan fingerprint density at radius 2 is 2.40 bits per heavy atom. The second kappa shape index (κ2) is 7.45. The van der Waals surface area contributed by atoms with E-state index in [0.29, 0.717) is 37.1 Å². The predicted octanol–water partition coefficient (Wildman–Crippen LogP) is 2.16. The number of nitrogens with two attached hydrogens (primary N) is 1. The van der Waals surface area contributed by atoms with Gasteiger partial charge in [-0.15, -0.1) is 0 Å². The van der Waals surface area contributed by atoms with Gasteiger partial charge in [-0.05, 0) is 45.3 Å². The number of carbonyl (C=O) groups is 1. The molecule has 0 aliphatic carbocycles. The van der Waals surface area contributed by atoms with E-state index in [9.17, 15) is 4.79 Å². The molecule has 1 atom stereocenters. The zero-order valence-corrected chi connectivity index (χ0v) is 12.1. The van der Waals surface area contributed by atoms with Crippen molar-refractivity contribution < 1.29 is 13.9 Å². The molecule has 1 aromatic heterocycles. The van der Waals surface area contributed by atoms with E-state index in [1.54, 1.807) is 19.3 Å². The van der Waals surface area contributed by atoms with Gasteiger partial charge in [0, 0.05) is 6.04 Å². The number of ether oxygens (including phenoxy) is 1. The monoisotopic (exact) mass is 280 g/mol.